The summed E-state index contributed by atoms with van der Waals surface area (Å²) >= 11 is 0. The van der Waals surface area contributed by atoms with E-state index in [0.29, 0.717) is 5.56 Å². The lowest BCUT2D eigenvalue weighted by Crippen LogP contribution is -2.34. The van der Waals surface area contributed by atoms with Gasteiger partial charge in [0.2, 0.25) is 0 Å². The molecule has 0 fully saturated rings. The molecule has 0 saturated heterocycles. The van der Waals surface area contributed by atoms with Gasteiger partial charge in [-0.2, -0.15) is 0 Å². The van der Waals surface area contributed by atoms with Gasteiger partial charge in [-0.15, -0.1) is 0 Å². The first-order valence-electron chi connectivity index (χ1n) is 5.01. The molecule has 1 aliphatic rings. The van der Waals surface area contributed by atoms with E-state index < -0.39 is 10.6 Å². The van der Waals surface area contributed by atoms with Gasteiger partial charge in [-0.1, -0.05) is 30.3 Å². The Bertz CT molecular complexity index is 603. The Labute approximate surface area is 91.3 Å². The van der Waals surface area contributed by atoms with Crippen LogP contribution in [0.2, 0.25) is 0 Å². The van der Waals surface area contributed by atoms with Crippen LogP contribution in [0.15, 0.2) is 36.4 Å². The second-order valence-electron chi connectivity index (χ2n) is 4.07. The molecule has 4 nitrogen and oxygen atoms in total. The minimum Gasteiger partial charge on any atom is -0.326 e. The molecule has 2 aromatic rings. The van der Waals surface area contributed by atoms with Crippen LogP contribution in [0.3, 0.4) is 0 Å². The van der Waals surface area contributed by atoms with E-state index in [9.17, 15) is 15.2 Å². The van der Waals surface area contributed by atoms with Gasteiger partial charge in [0.15, 0.2) is 0 Å². The van der Waals surface area contributed by atoms with Crippen molar-refractivity contribution >= 4 is 10.8 Å². The number of hydrogen-bond donors (Lipinski definition) is 1. The number of benzene rings is 2. The minimum absolute atomic E-state index is 0.0523. The Hall–Kier alpha value is -1.94. The highest BCUT2D eigenvalue weighted by Gasteiger charge is 2.48. The van der Waals surface area contributed by atoms with E-state index in [-0.39, 0.29) is 6.42 Å². The molecule has 2 aromatic carbocycles. The third kappa shape index (κ3) is 0.967. The van der Waals surface area contributed by atoms with E-state index in [1.165, 1.54) is 0 Å². The second kappa shape index (κ2) is 2.80. The molecule has 4 heteroatoms. The number of nitrogens with zero attached hydrogens (tertiary/aromatic N) is 1. The number of aliphatic hydroxyl groups is 1. The van der Waals surface area contributed by atoms with Crippen LogP contribution in [-0.4, -0.2) is 10.0 Å². The third-order valence-corrected chi connectivity index (χ3v) is 3.16. The molecule has 0 aliphatic heterocycles. The fraction of sp³-hybridized carbons (Fsp3) is 0.167. The molecule has 0 aromatic heterocycles. The summed E-state index contributed by atoms with van der Waals surface area (Å²) in [5.41, 5.74) is -0.707. The van der Waals surface area contributed by atoms with Crippen LogP contribution in [0.5, 0.6) is 0 Å². The van der Waals surface area contributed by atoms with Crippen molar-refractivity contribution in [2.75, 3.05) is 0 Å². The highest BCUT2D eigenvalue weighted by Crippen LogP contribution is 2.41. The van der Waals surface area contributed by atoms with Crippen molar-refractivity contribution in [3.8, 4) is 0 Å². The molecule has 16 heavy (non-hydrogen) atoms. The summed E-state index contributed by atoms with van der Waals surface area (Å²) in [6.07, 6.45) is 0.0523. The average Bonchev–Trinajstić information content (AvgIpc) is 2.57. The summed E-state index contributed by atoms with van der Waals surface area (Å²) in [4.78, 5) is 10.4. The van der Waals surface area contributed by atoms with Gasteiger partial charge in [-0.3, -0.25) is 10.1 Å². The van der Waals surface area contributed by atoms with Crippen molar-refractivity contribution in [1.29, 1.82) is 0 Å². The minimum atomic E-state index is -1.96. The molecule has 3 rings (SSSR count). The number of hydrogen-bond acceptors (Lipinski definition) is 3. The summed E-state index contributed by atoms with van der Waals surface area (Å²) in [7, 11) is 0. The summed E-state index contributed by atoms with van der Waals surface area (Å²) in [6.45, 7) is 0. The lowest BCUT2D eigenvalue weighted by atomic mass is 10.0. The fourth-order valence-electron chi connectivity index (χ4n) is 2.42. The zero-order chi connectivity index (χ0) is 11.3. The largest absolute Gasteiger partial charge is 0.353 e. The van der Waals surface area contributed by atoms with Crippen molar-refractivity contribution in [2.24, 2.45) is 0 Å². The molecule has 1 N–H and O–H groups in total. The molecule has 0 saturated carbocycles. The maximum Gasteiger partial charge on any atom is 0.353 e. The summed E-state index contributed by atoms with van der Waals surface area (Å²) < 4.78 is 0. The monoisotopic (exact) mass is 215 g/mol. The maximum absolute atomic E-state index is 11.0. The predicted octanol–water partition coefficient (Wildman–Crippen LogP) is 1.82. The SMILES string of the molecule is O=[N+]([O-])C1(O)Cc2cccc3cccc1c23. The summed E-state index contributed by atoms with van der Waals surface area (Å²) in [5.74, 6) is 0. The quantitative estimate of drug-likeness (QED) is 0.448. The van der Waals surface area contributed by atoms with E-state index in [2.05, 4.69) is 0 Å². The van der Waals surface area contributed by atoms with E-state index >= 15 is 0 Å². The molecule has 0 radical (unpaired) electrons. The molecule has 0 heterocycles. The standard InChI is InChI=1S/C12H9NO3/c14-12(13(15)16)7-9-5-1-3-8-4-2-6-10(12)11(8)9/h1-6,14H,7H2. The topological polar surface area (TPSA) is 63.4 Å². The van der Waals surface area contributed by atoms with Crippen LogP contribution in [0.25, 0.3) is 10.8 Å². The molecule has 1 aliphatic carbocycles. The Morgan fingerprint density at radius 1 is 1.25 bits per heavy atom. The lowest BCUT2D eigenvalue weighted by molar-refractivity contribution is -0.634. The smallest absolute Gasteiger partial charge is 0.326 e. The van der Waals surface area contributed by atoms with E-state index in [4.69, 9.17) is 0 Å². The van der Waals surface area contributed by atoms with Gasteiger partial charge in [0.1, 0.15) is 0 Å². The molecule has 0 bridgehead atoms. The molecular weight excluding hydrogens is 206 g/mol. The Morgan fingerprint density at radius 3 is 2.62 bits per heavy atom. The van der Waals surface area contributed by atoms with Crippen molar-refractivity contribution in [3.05, 3.63) is 57.6 Å². The number of rotatable bonds is 1. The van der Waals surface area contributed by atoms with Crippen LogP contribution < -0.4 is 0 Å². The van der Waals surface area contributed by atoms with Crippen molar-refractivity contribution in [3.63, 3.8) is 0 Å². The highest BCUT2D eigenvalue weighted by atomic mass is 16.7. The first-order chi connectivity index (χ1) is 7.63. The van der Waals surface area contributed by atoms with Crippen LogP contribution in [0, 0.1) is 10.1 Å². The molecule has 0 amide bonds. The molecule has 1 atom stereocenters. The number of nitro groups is 1. The second-order valence-corrected chi connectivity index (χ2v) is 4.07. The van der Waals surface area contributed by atoms with E-state index in [1.807, 2.05) is 24.3 Å². The van der Waals surface area contributed by atoms with Gasteiger partial charge in [-0.05, 0) is 22.4 Å². The first kappa shape index (κ1) is 9.30. The zero-order valence-corrected chi connectivity index (χ0v) is 8.38. The fourth-order valence-corrected chi connectivity index (χ4v) is 2.42. The Kier molecular flexibility index (Phi) is 1.63. The normalized spacial score (nSPS) is 22.6. The van der Waals surface area contributed by atoms with E-state index in [0.717, 1.165) is 16.3 Å². The van der Waals surface area contributed by atoms with Gasteiger partial charge in [0.25, 0.3) is 0 Å². The summed E-state index contributed by atoms with van der Waals surface area (Å²) in [5, 5.41) is 22.9. The van der Waals surface area contributed by atoms with Crippen LogP contribution in [0.1, 0.15) is 11.1 Å². The third-order valence-electron chi connectivity index (χ3n) is 3.16. The average molecular weight is 215 g/mol. The van der Waals surface area contributed by atoms with Crippen LogP contribution in [-0.2, 0) is 12.1 Å². The van der Waals surface area contributed by atoms with E-state index in [1.54, 1.807) is 12.1 Å². The summed E-state index contributed by atoms with van der Waals surface area (Å²) in [6, 6.07) is 10.8. The maximum atomic E-state index is 11.0. The molecular formula is C12H9NO3. The first-order valence-corrected chi connectivity index (χ1v) is 5.01. The van der Waals surface area contributed by atoms with Crippen molar-refractivity contribution in [1.82, 2.24) is 0 Å². The van der Waals surface area contributed by atoms with Gasteiger partial charge in [0, 0.05) is 0 Å². The van der Waals surface area contributed by atoms with Gasteiger partial charge < -0.3 is 5.11 Å². The predicted molar refractivity (Wildman–Crippen MR) is 58.5 cm³/mol. The van der Waals surface area contributed by atoms with Gasteiger partial charge in [-0.25, -0.2) is 0 Å². The van der Waals surface area contributed by atoms with Gasteiger partial charge >= 0.3 is 5.72 Å². The van der Waals surface area contributed by atoms with Crippen molar-refractivity contribution in [2.45, 2.75) is 12.1 Å². The lowest BCUT2D eigenvalue weighted by Gasteiger charge is -2.13. The Balaban J connectivity index is 2.42. The Morgan fingerprint density at radius 2 is 1.94 bits per heavy atom. The molecule has 80 valence electrons. The highest BCUT2D eigenvalue weighted by molar-refractivity contribution is 5.91. The van der Waals surface area contributed by atoms with Crippen LogP contribution >= 0.6 is 0 Å². The zero-order valence-electron chi connectivity index (χ0n) is 8.38. The molecule has 1 unspecified atom stereocenters. The van der Waals surface area contributed by atoms with Crippen molar-refractivity contribution < 1.29 is 10.0 Å². The van der Waals surface area contributed by atoms with Gasteiger partial charge in [0.05, 0.1) is 16.9 Å². The molecule has 0 spiro atoms. The van der Waals surface area contributed by atoms with Crippen LogP contribution in [0.4, 0.5) is 0 Å².